The maximum Gasteiger partial charge on any atom is 0.257 e. The molecule has 0 unspecified atom stereocenters. The van der Waals surface area contributed by atoms with Crippen LogP contribution in [0.1, 0.15) is 34.5 Å². The zero-order valence-electron chi connectivity index (χ0n) is 11.9. The number of nitrogens with zero attached hydrogens (tertiary/aromatic N) is 1. The van der Waals surface area contributed by atoms with Crippen LogP contribution in [0.25, 0.3) is 0 Å². The van der Waals surface area contributed by atoms with Gasteiger partial charge >= 0.3 is 0 Å². The summed E-state index contributed by atoms with van der Waals surface area (Å²) in [6.45, 7) is 0.785. The van der Waals surface area contributed by atoms with Gasteiger partial charge in [0.1, 0.15) is 12.0 Å². The van der Waals surface area contributed by atoms with Crippen molar-refractivity contribution < 1.29 is 9.21 Å². The fraction of sp³-hybridized carbons (Fsp3) is 0.312. The van der Waals surface area contributed by atoms with E-state index in [1.54, 1.807) is 18.2 Å². The zero-order chi connectivity index (χ0) is 15.7. The summed E-state index contributed by atoms with van der Waals surface area (Å²) >= 11 is 12.0. The average Bonchev–Trinajstić information content (AvgIpc) is 3.24. The van der Waals surface area contributed by atoms with Crippen molar-refractivity contribution in [2.45, 2.75) is 32.0 Å². The fourth-order valence-corrected chi connectivity index (χ4v) is 2.67. The van der Waals surface area contributed by atoms with E-state index in [9.17, 15) is 4.79 Å². The first kappa shape index (κ1) is 15.4. The predicted molar refractivity (Wildman–Crippen MR) is 86.0 cm³/mol. The number of rotatable bonds is 5. The molecule has 0 spiro atoms. The van der Waals surface area contributed by atoms with E-state index >= 15 is 0 Å². The highest BCUT2D eigenvalue weighted by Gasteiger charge is 2.33. The number of hydrogen-bond donors (Lipinski definition) is 1. The van der Waals surface area contributed by atoms with Gasteiger partial charge in [-0.3, -0.25) is 4.79 Å². The molecule has 2 N–H and O–H groups in total. The third kappa shape index (κ3) is 3.29. The van der Waals surface area contributed by atoms with Gasteiger partial charge in [-0.1, -0.05) is 29.3 Å². The largest absolute Gasteiger partial charge is 0.467 e. The number of benzene rings is 1. The molecule has 0 bridgehead atoms. The second-order valence-corrected chi connectivity index (χ2v) is 6.23. The lowest BCUT2D eigenvalue weighted by molar-refractivity contribution is 0.0729. The van der Waals surface area contributed by atoms with E-state index in [2.05, 4.69) is 0 Å². The lowest BCUT2D eigenvalue weighted by atomic mass is 10.2. The van der Waals surface area contributed by atoms with Crippen LogP contribution < -0.4 is 5.73 Å². The van der Waals surface area contributed by atoms with Crippen LogP contribution in [0.3, 0.4) is 0 Å². The minimum atomic E-state index is -0.0444. The van der Waals surface area contributed by atoms with Gasteiger partial charge in [0, 0.05) is 12.6 Å². The third-order valence-corrected chi connectivity index (χ3v) is 4.43. The van der Waals surface area contributed by atoms with Crippen molar-refractivity contribution in [3.05, 3.63) is 57.5 Å². The van der Waals surface area contributed by atoms with Crippen molar-refractivity contribution in [2.75, 3.05) is 0 Å². The van der Waals surface area contributed by atoms with Gasteiger partial charge in [0.2, 0.25) is 0 Å². The molecule has 1 fully saturated rings. The minimum absolute atomic E-state index is 0.0444. The number of furan rings is 1. The maximum atomic E-state index is 12.7. The summed E-state index contributed by atoms with van der Waals surface area (Å²) in [5, 5.41) is 1.01. The Labute approximate surface area is 138 Å². The topological polar surface area (TPSA) is 59.5 Å². The monoisotopic (exact) mass is 338 g/mol. The number of halogens is 2. The molecule has 4 nitrogen and oxygen atoms in total. The normalized spacial score (nSPS) is 14.1. The van der Waals surface area contributed by atoms with Gasteiger partial charge in [-0.05, 0) is 36.6 Å². The average molecular weight is 339 g/mol. The van der Waals surface area contributed by atoms with Gasteiger partial charge < -0.3 is 15.1 Å². The minimum Gasteiger partial charge on any atom is -0.467 e. The Morgan fingerprint density at radius 1 is 1.27 bits per heavy atom. The standard InChI is InChI=1S/C16H16Cl2N2O2/c17-14-4-1-10(5-15(14)18)8-20(12-2-3-12)16(21)11-6-13(7-19)22-9-11/h1,4-6,9,12H,2-3,7-8,19H2. The SMILES string of the molecule is NCc1cc(C(=O)N(Cc2ccc(Cl)c(Cl)c2)C2CC2)co1. The van der Waals surface area contributed by atoms with Crippen LogP contribution >= 0.6 is 23.2 Å². The Morgan fingerprint density at radius 2 is 2.05 bits per heavy atom. The van der Waals surface area contributed by atoms with Crippen LogP contribution in [-0.2, 0) is 13.1 Å². The van der Waals surface area contributed by atoms with Crippen LogP contribution in [0.4, 0.5) is 0 Å². The Balaban J connectivity index is 1.80. The summed E-state index contributed by atoms with van der Waals surface area (Å²) in [6, 6.07) is 7.41. The van der Waals surface area contributed by atoms with Gasteiger partial charge in [0.05, 0.1) is 22.2 Å². The Bertz CT molecular complexity index is 695. The number of amides is 1. The highest BCUT2D eigenvalue weighted by molar-refractivity contribution is 6.42. The summed E-state index contributed by atoms with van der Waals surface area (Å²) < 4.78 is 5.26. The molecule has 1 aromatic heterocycles. The molecule has 0 radical (unpaired) electrons. The first-order chi connectivity index (χ1) is 10.6. The van der Waals surface area contributed by atoms with Crippen LogP contribution in [0.5, 0.6) is 0 Å². The number of hydrogen-bond acceptors (Lipinski definition) is 3. The van der Waals surface area contributed by atoms with Gasteiger partial charge in [0.15, 0.2) is 0 Å². The van der Waals surface area contributed by atoms with E-state index < -0.39 is 0 Å². The first-order valence-corrected chi connectivity index (χ1v) is 7.86. The highest BCUT2D eigenvalue weighted by Crippen LogP contribution is 2.31. The quantitative estimate of drug-likeness (QED) is 0.900. The number of nitrogens with two attached hydrogens (primary N) is 1. The van der Waals surface area contributed by atoms with E-state index in [4.69, 9.17) is 33.4 Å². The molecule has 1 amide bonds. The van der Waals surface area contributed by atoms with Crippen LogP contribution in [0.2, 0.25) is 10.0 Å². The molecule has 1 saturated carbocycles. The molecular formula is C16H16Cl2N2O2. The molecule has 0 aliphatic heterocycles. The lowest BCUT2D eigenvalue weighted by Gasteiger charge is -2.22. The van der Waals surface area contributed by atoms with Crippen molar-refractivity contribution >= 4 is 29.1 Å². The van der Waals surface area contributed by atoms with Gasteiger partial charge in [-0.25, -0.2) is 0 Å². The van der Waals surface area contributed by atoms with Gasteiger partial charge in [-0.2, -0.15) is 0 Å². The van der Waals surface area contributed by atoms with Crippen molar-refractivity contribution in [1.29, 1.82) is 0 Å². The van der Waals surface area contributed by atoms with Crippen molar-refractivity contribution in [3.8, 4) is 0 Å². The fourth-order valence-electron chi connectivity index (χ4n) is 2.35. The molecule has 0 atom stereocenters. The zero-order valence-corrected chi connectivity index (χ0v) is 13.4. The van der Waals surface area contributed by atoms with E-state index in [0.29, 0.717) is 27.9 Å². The van der Waals surface area contributed by atoms with Gasteiger partial charge in [-0.15, -0.1) is 0 Å². The summed E-state index contributed by atoms with van der Waals surface area (Å²) in [4.78, 5) is 14.5. The van der Waals surface area contributed by atoms with Gasteiger partial charge in [0.25, 0.3) is 5.91 Å². The molecule has 0 saturated heterocycles. The highest BCUT2D eigenvalue weighted by atomic mass is 35.5. The van der Waals surface area contributed by atoms with E-state index in [0.717, 1.165) is 18.4 Å². The smallest absolute Gasteiger partial charge is 0.257 e. The third-order valence-electron chi connectivity index (χ3n) is 3.69. The molecule has 3 rings (SSSR count). The second kappa shape index (κ2) is 6.32. The molecule has 6 heteroatoms. The first-order valence-electron chi connectivity index (χ1n) is 7.11. The van der Waals surface area contributed by atoms with Crippen LogP contribution in [-0.4, -0.2) is 16.8 Å². The molecule has 1 aromatic carbocycles. The van der Waals surface area contributed by atoms with Crippen LogP contribution in [0, 0.1) is 0 Å². The summed E-state index contributed by atoms with van der Waals surface area (Å²) in [6.07, 6.45) is 3.51. The Hall–Kier alpha value is -1.49. The second-order valence-electron chi connectivity index (χ2n) is 5.42. The molecular weight excluding hydrogens is 323 g/mol. The Morgan fingerprint density at radius 3 is 2.64 bits per heavy atom. The van der Waals surface area contributed by atoms with Crippen LogP contribution in [0.15, 0.2) is 34.9 Å². The van der Waals surface area contributed by atoms with Crippen molar-refractivity contribution in [2.24, 2.45) is 5.73 Å². The van der Waals surface area contributed by atoms with Crippen molar-refractivity contribution in [1.82, 2.24) is 4.90 Å². The summed E-state index contributed by atoms with van der Waals surface area (Å²) in [5.41, 5.74) is 7.01. The lowest BCUT2D eigenvalue weighted by Crippen LogP contribution is -2.32. The van der Waals surface area contributed by atoms with E-state index in [-0.39, 0.29) is 18.5 Å². The molecule has 22 heavy (non-hydrogen) atoms. The van der Waals surface area contributed by atoms with E-state index in [1.165, 1.54) is 6.26 Å². The summed E-state index contributed by atoms with van der Waals surface area (Å²) in [5.74, 6) is 0.561. The Kier molecular flexibility index (Phi) is 4.43. The molecule has 2 aromatic rings. The molecule has 1 heterocycles. The predicted octanol–water partition coefficient (Wildman–Crippen LogP) is 3.85. The molecule has 1 aliphatic rings. The van der Waals surface area contributed by atoms with Crippen molar-refractivity contribution in [3.63, 3.8) is 0 Å². The molecule has 1 aliphatic carbocycles. The van der Waals surface area contributed by atoms with E-state index in [1.807, 2.05) is 11.0 Å². The maximum absolute atomic E-state index is 12.7. The molecule has 116 valence electrons. The number of carbonyl (C=O) groups excluding carboxylic acids is 1. The number of carbonyl (C=O) groups is 1. The summed E-state index contributed by atoms with van der Waals surface area (Å²) in [7, 11) is 0.